The first-order valence-corrected chi connectivity index (χ1v) is 6.52. The maximum atomic E-state index is 13.6. The number of benzene rings is 1. The maximum absolute atomic E-state index is 13.6. The Kier molecular flexibility index (Phi) is 4.44. The van der Waals surface area contributed by atoms with Crippen molar-refractivity contribution < 1.29 is 22.7 Å². The Morgan fingerprint density at radius 3 is 2.86 bits per heavy atom. The van der Waals surface area contributed by atoms with Crippen LogP contribution in [-0.4, -0.2) is 31.7 Å². The van der Waals surface area contributed by atoms with Crippen LogP contribution >= 0.6 is 0 Å². The Morgan fingerprint density at radius 1 is 1.52 bits per heavy atom. The molecule has 0 radical (unpaired) electrons. The Hall–Kier alpha value is -2.12. The van der Waals surface area contributed by atoms with Gasteiger partial charge in [-0.15, -0.1) is 0 Å². The maximum Gasteiger partial charge on any atom is 0.387 e. The molecule has 1 heterocycles. The van der Waals surface area contributed by atoms with Crippen molar-refractivity contribution >= 4 is 17.3 Å². The number of carbonyl (C=O) groups is 1. The second kappa shape index (κ2) is 6.11. The number of hydrogen-bond acceptors (Lipinski definition) is 4. The van der Waals surface area contributed by atoms with Crippen molar-refractivity contribution in [2.24, 2.45) is 0 Å². The van der Waals surface area contributed by atoms with E-state index in [0.717, 1.165) is 12.1 Å². The molecule has 5 nitrogen and oxygen atoms in total. The second-order valence-electron chi connectivity index (χ2n) is 4.63. The van der Waals surface area contributed by atoms with Crippen molar-refractivity contribution in [3.05, 3.63) is 17.9 Å². The van der Waals surface area contributed by atoms with Crippen LogP contribution in [0.3, 0.4) is 0 Å². The third kappa shape index (κ3) is 3.14. The van der Waals surface area contributed by atoms with E-state index in [9.17, 15) is 18.0 Å². The summed E-state index contributed by atoms with van der Waals surface area (Å²) in [6.07, 6.45) is 0.508. The van der Waals surface area contributed by atoms with Crippen LogP contribution in [0.15, 0.2) is 12.1 Å². The van der Waals surface area contributed by atoms with E-state index >= 15 is 0 Å². The number of amides is 1. The van der Waals surface area contributed by atoms with E-state index in [4.69, 9.17) is 5.73 Å². The highest BCUT2D eigenvalue weighted by atomic mass is 19.3. The van der Waals surface area contributed by atoms with Gasteiger partial charge in [-0.05, 0) is 6.42 Å². The molecular weight excluding hydrogens is 287 g/mol. The molecule has 1 saturated heterocycles. The molecule has 8 heteroatoms. The molecule has 1 fully saturated rings. The summed E-state index contributed by atoms with van der Waals surface area (Å²) in [6, 6.07) is 1.55. The van der Waals surface area contributed by atoms with Gasteiger partial charge in [-0.3, -0.25) is 4.79 Å². The quantitative estimate of drug-likeness (QED) is 0.831. The van der Waals surface area contributed by atoms with Gasteiger partial charge in [-0.25, -0.2) is 4.39 Å². The molecule has 1 aromatic carbocycles. The molecule has 1 aromatic rings. The number of nitrogens with zero attached hydrogens (tertiary/aromatic N) is 1. The lowest BCUT2D eigenvalue weighted by molar-refractivity contribution is -0.123. The van der Waals surface area contributed by atoms with Crippen LogP contribution in [0.4, 0.5) is 24.5 Å². The lowest BCUT2D eigenvalue weighted by atomic mass is 10.1. The average Bonchev–Trinajstić information content (AvgIpc) is 2.41. The van der Waals surface area contributed by atoms with E-state index < -0.39 is 24.2 Å². The number of nitrogens with one attached hydrogen (secondary N) is 1. The number of nitrogen functional groups attached to an aromatic ring is 1. The molecular formula is C13H16F3N3O2. The van der Waals surface area contributed by atoms with Crippen LogP contribution in [0.1, 0.15) is 13.3 Å². The third-order valence-electron chi connectivity index (χ3n) is 3.32. The minimum atomic E-state index is -3.14. The zero-order valence-corrected chi connectivity index (χ0v) is 11.4. The molecule has 1 unspecified atom stereocenters. The van der Waals surface area contributed by atoms with Crippen molar-refractivity contribution in [3.8, 4) is 5.75 Å². The monoisotopic (exact) mass is 303 g/mol. The van der Waals surface area contributed by atoms with Gasteiger partial charge in [0.2, 0.25) is 5.91 Å². The topological polar surface area (TPSA) is 67.6 Å². The number of ether oxygens (including phenoxy) is 1. The Labute approximate surface area is 119 Å². The standard InChI is InChI=1S/C13H16F3N3O2/c1-2-9-12(20)18-3-4-19(9)10-6-11(21-13(15)16)7(14)5-8(10)17/h5-6,9,13H,2-4,17H2,1H3,(H,18,20). The van der Waals surface area contributed by atoms with E-state index in [1.54, 1.807) is 4.90 Å². The number of rotatable bonds is 4. The molecule has 116 valence electrons. The summed E-state index contributed by atoms with van der Waals surface area (Å²) in [5.74, 6) is -1.73. The predicted molar refractivity (Wildman–Crippen MR) is 71.9 cm³/mol. The van der Waals surface area contributed by atoms with Gasteiger partial charge < -0.3 is 20.7 Å². The molecule has 0 aromatic heterocycles. The van der Waals surface area contributed by atoms with E-state index in [-0.39, 0.29) is 11.6 Å². The number of nitrogens with two attached hydrogens (primary N) is 1. The molecule has 0 saturated carbocycles. The fraction of sp³-hybridized carbons (Fsp3) is 0.462. The first-order valence-electron chi connectivity index (χ1n) is 6.52. The molecule has 1 aliphatic rings. The fourth-order valence-corrected chi connectivity index (χ4v) is 2.40. The number of hydrogen-bond donors (Lipinski definition) is 2. The van der Waals surface area contributed by atoms with Gasteiger partial charge in [-0.1, -0.05) is 6.92 Å². The molecule has 3 N–H and O–H groups in total. The third-order valence-corrected chi connectivity index (χ3v) is 3.32. The Balaban J connectivity index is 2.39. The van der Waals surface area contributed by atoms with Crippen molar-refractivity contribution in [2.75, 3.05) is 23.7 Å². The second-order valence-corrected chi connectivity index (χ2v) is 4.63. The normalized spacial score (nSPS) is 18.8. The van der Waals surface area contributed by atoms with Gasteiger partial charge in [0.15, 0.2) is 11.6 Å². The molecule has 21 heavy (non-hydrogen) atoms. The summed E-state index contributed by atoms with van der Waals surface area (Å²) in [4.78, 5) is 13.5. The molecule has 1 amide bonds. The lowest BCUT2D eigenvalue weighted by Crippen LogP contribution is -2.55. The Morgan fingerprint density at radius 2 is 2.24 bits per heavy atom. The summed E-state index contributed by atoms with van der Waals surface area (Å²) in [5, 5.41) is 2.71. The van der Waals surface area contributed by atoms with Gasteiger partial charge in [-0.2, -0.15) is 8.78 Å². The van der Waals surface area contributed by atoms with E-state index in [1.807, 2.05) is 6.92 Å². The van der Waals surface area contributed by atoms with Crippen LogP contribution < -0.4 is 20.7 Å². The number of carbonyl (C=O) groups excluding carboxylic acids is 1. The van der Waals surface area contributed by atoms with Crippen LogP contribution in [-0.2, 0) is 4.79 Å². The summed E-state index contributed by atoms with van der Waals surface area (Å²) in [7, 11) is 0. The highest BCUT2D eigenvalue weighted by Crippen LogP contribution is 2.34. The van der Waals surface area contributed by atoms with E-state index in [2.05, 4.69) is 10.1 Å². The van der Waals surface area contributed by atoms with Gasteiger partial charge >= 0.3 is 6.61 Å². The molecule has 1 atom stereocenters. The fourth-order valence-electron chi connectivity index (χ4n) is 2.40. The van der Waals surface area contributed by atoms with Crippen LogP contribution in [0, 0.1) is 5.82 Å². The zero-order chi connectivity index (χ0) is 15.6. The van der Waals surface area contributed by atoms with Crippen LogP contribution in [0.25, 0.3) is 0 Å². The number of alkyl halides is 2. The SMILES string of the molecule is CCC1C(=O)NCCN1c1cc(OC(F)F)c(F)cc1N. The first-order chi connectivity index (χ1) is 9.93. The van der Waals surface area contributed by atoms with E-state index in [0.29, 0.717) is 25.2 Å². The zero-order valence-electron chi connectivity index (χ0n) is 11.4. The predicted octanol–water partition coefficient (Wildman–Crippen LogP) is 1.72. The molecule has 1 aliphatic heterocycles. The first kappa shape index (κ1) is 15.3. The van der Waals surface area contributed by atoms with Gasteiger partial charge in [0.1, 0.15) is 6.04 Å². The van der Waals surface area contributed by atoms with E-state index in [1.165, 1.54) is 0 Å². The minimum absolute atomic E-state index is 0.0715. The van der Waals surface area contributed by atoms with Crippen molar-refractivity contribution in [3.63, 3.8) is 0 Å². The highest BCUT2D eigenvalue weighted by Gasteiger charge is 2.30. The van der Waals surface area contributed by atoms with Crippen LogP contribution in [0.5, 0.6) is 5.75 Å². The van der Waals surface area contributed by atoms with Gasteiger partial charge in [0.25, 0.3) is 0 Å². The average molecular weight is 303 g/mol. The molecule has 0 bridgehead atoms. The largest absolute Gasteiger partial charge is 0.432 e. The van der Waals surface area contributed by atoms with Gasteiger partial charge in [0.05, 0.1) is 11.4 Å². The molecule has 2 rings (SSSR count). The highest BCUT2D eigenvalue weighted by molar-refractivity contribution is 5.88. The summed E-state index contributed by atoms with van der Waals surface area (Å²) in [6.45, 7) is -0.466. The van der Waals surface area contributed by atoms with Crippen molar-refractivity contribution in [1.29, 1.82) is 0 Å². The number of anilines is 2. The van der Waals surface area contributed by atoms with Crippen molar-refractivity contribution in [2.45, 2.75) is 26.0 Å². The molecule has 0 aliphatic carbocycles. The minimum Gasteiger partial charge on any atom is -0.432 e. The number of halogens is 3. The number of piperazine rings is 1. The Bertz CT molecular complexity index is 540. The smallest absolute Gasteiger partial charge is 0.387 e. The summed E-state index contributed by atoms with van der Waals surface area (Å²) >= 11 is 0. The lowest BCUT2D eigenvalue weighted by Gasteiger charge is -2.37. The van der Waals surface area contributed by atoms with Crippen molar-refractivity contribution in [1.82, 2.24) is 5.32 Å². The summed E-state index contributed by atoms with van der Waals surface area (Å²) in [5.41, 5.74) is 6.14. The van der Waals surface area contributed by atoms with Gasteiger partial charge in [0, 0.05) is 25.2 Å². The molecule has 0 spiro atoms. The van der Waals surface area contributed by atoms with Crippen LogP contribution in [0.2, 0.25) is 0 Å². The summed E-state index contributed by atoms with van der Waals surface area (Å²) < 4.78 is 42.3.